The fraction of sp³-hybridized carbons (Fsp3) is 0.375. The number of thiazole rings is 1. The van der Waals surface area contributed by atoms with Crippen molar-refractivity contribution in [3.05, 3.63) is 46.2 Å². The molecule has 1 saturated heterocycles. The van der Waals surface area contributed by atoms with Crippen LogP contribution in [0.1, 0.15) is 47.6 Å². The van der Waals surface area contributed by atoms with Gasteiger partial charge in [-0.2, -0.15) is 0 Å². The van der Waals surface area contributed by atoms with E-state index in [9.17, 15) is 9.59 Å². The highest BCUT2D eigenvalue weighted by molar-refractivity contribution is 7.07. The average molecular weight is 330 g/mol. The van der Waals surface area contributed by atoms with E-state index in [2.05, 4.69) is 15.3 Å². The molecule has 0 aromatic carbocycles. The van der Waals surface area contributed by atoms with Crippen LogP contribution in [-0.2, 0) is 11.3 Å². The van der Waals surface area contributed by atoms with Gasteiger partial charge in [0.05, 0.1) is 17.2 Å². The van der Waals surface area contributed by atoms with Crippen LogP contribution in [0.15, 0.2) is 29.2 Å². The number of nitrogens with one attached hydrogen (secondary N) is 1. The van der Waals surface area contributed by atoms with Crippen LogP contribution in [0.4, 0.5) is 0 Å². The third-order valence-electron chi connectivity index (χ3n) is 3.90. The molecule has 0 bridgehead atoms. The summed E-state index contributed by atoms with van der Waals surface area (Å²) < 4.78 is 0. The number of nitrogens with zero attached hydrogens (tertiary/aromatic N) is 3. The number of hydrogen-bond acceptors (Lipinski definition) is 5. The van der Waals surface area contributed by atoms with E-state index in [0.29, 0.717) is 12.2 Å². The molecule has 2 aromatic heterocycles. The molecule has 1 aliphatic rings. The van der Waals surface area contributed by atoms with Gasteiger partial charge in [0.1, 0.15) is 5.69 Å². The maximum absolute atomic E-state index is 12.5. The first kappa shape index (κ1) is 15.6. The minimum atomic E-state index is -0.0649. The van der Waals surface area contributed by atoms with Gasteiger partial charge >= 0.3 is 0 Å². The number of pyridine rings is 1. The summed E-state index contributed by atoms with van der Waals surface area (Å²) in [6, 6.07) is 3.88. The first-order valence-electron chi connectivity index (χ1n) is 7.53. The summed E-state index contributed by atoms with van der Waals surface area (Å²) in [7, 11) is 0. The first-order chi connectivity index (χ1) is 11.1. The van der Waals surface area contributed by atoms with Crippen molar-refractivity contribution in [2.75, 3.05) is 6.54 Å². The van der Waals surface area contributed by atoms with Gasteiger partial charge in [-0.3, -0.25) is 14.6 Å². The van der Waals surface area contributed by atoms with E-state index >= 15 is 0 Å². The molecule has 1 atom stereocenters. The molecule has 0 unspecified atom stereocenters. The fourth-order valence-corrected chi connectivity index (χ4v) is 3.27. The Morgan fingerprint density at radius 3 is 2.91 bits per heavy atom. The zero-order valence-corrected chi connectivity index (χ0v) is 13.7. The van der Waals surface area contributed by atoms with E-state index in [1.54, 1.807) is 17.1 Å². The van der Waals surface area contributed by atoms with Crippen molar-refractivity contribution in [1.29, 1.82) is 0 Å². The number of carbonyl (C=O) groups is 2. The van der Waals surface area contributed by atoms with E-state index < -0.39 is 0 Å². The second-order valence-corrected chi connectivity index (χ2v) is 6.25. The van der Waals surface area contributed by atoms with Gasteiger partial charge in [-0.05, 0) is 24.5 Å². The molecule has 7 heteroatoms. The van der Waals surface area contributed by atoms with Crippen molar-refractivity contribution < 1.29 is 9.59 Å². The number of aromatic nitrogens is 2. The van der Waals surface area contributed by atoms with Crippen LogP contribution in [0.2, 0.25) is 0 Å². The lowest BCUT2D eigenvalue weighted by molar-refractivity contribution is -0.119. The van der Waals surface area contributed by atoms with Gasteiger partial charge in [0, 0.05) is 31.6 Å². The van der Waals surface area contributed by atoms with Crippen molar-refractivity contribution in [2.45, 2.75) is 32.4 Å². The quantitative estimate of drug-likeness (QED) is 0.932. The fourth-order valence-electron chi connectivity index (χ4n) is 2.75. The number of rotatable bonds is 4. The lowest BCUT2D eigenvalue weighted by atomic mass is 10.1. The number of amides is 2. The SMILES string of the molecule is CC(=O)NCc1ccc([C@@H]2CCCN2C(=O)c2cscn2)nc1. The maximum Gasteiger partial charge on any atom is 0.273 e. The molecule has 3 rings (SSSR count). The predicted octanol–water partition coefficient (Wildman–Crippen LogP) is 2.15. The Balaban J connectivity index is 1.72. The average Bonchev–Trinajstić information content (AvgIpc) is 3.24. The van der Waals surface area contributed by atoms with Crippen LogP contribution in [-0.4, -0.2) is 33.2 Å². The van der Waals surface area contributed by atoms with Gasteiger partial charge in [0.25, 0.3) is 5.91 Å². The van der Waals surface area contributed by atoms with Crippen molar-refractivity contribution in [2.24, 2.45) is 0 Å². The summed E-state index contributed by atoms with van der Waals surface area (Å²) in [6.07, 6.45) is 3.64. The minimum Gasteiger partial charge on any atom is -0.352 e. The zero-order chi connectivity index (χ0) is 16.2. The highest BCUT2D eigenvalue weighted by atomic mass is 32.1. The van der Waals surface area contributed by atoms with Crippen LogP contribution in [0, 0.1) is 0 Å². The lowest BCUT2D eigenvalue weighted by Crippen LogP contribution is -2.31. The molecule has 0 saturated carbocycles. The summed E-state index contributed by atoms with van der Waals surface area (Å²) in [5, 5.41) is 4.53. The monoisotopic (exact) mass is 330 g/mol. The Bertz CT molecular complexity index is 685. The largest absolute Gasteiger partial charge is 0.352 e. The van der Waals surface area contributed by atoms with Gasteiger partial charge in [0.15, 0.2) is 0 Å². The maximum atomic E-state index is 12.5. The number of likely N-dealkylation sites (tertiary alicyclic amines) is 1. The molecule has 1 aliphatic heterocycles. The molecule has 0 radical (unpaired) electrons. The Morgan fingerprint density at radius 2 is 2.26 bits per heavy atom. The molecule has 0 aliphatic carbocycles. The van der Waals surface area contributed by atoms with E-state index in [0.717, 1.165) is 30.6 Å². The van der Waals surface area contributed by atoms with Crippen molar-refractivity contribution in [3.8, 4) is 0 Å². The predicted molar refractivity (Wildman–Crippen MR) is 86.9 cm³/mol. The molecule has 2 aromatic rings. The van der Waals surface area contributed by atoms with Gasteiger partial charge < -0.3 is 10.2 Å². The molecule has 120 valence electrons. The van der Waals surface area contributed by atoms with Crippen LogP contribution < -0.4 is 5.32 Å². The van der Waals surface area contributed by atoms with Crippen molar-refractivity contribution >= 4 is 23.2 Å². The summed E-state index contributed by atoms with van der Waals surface area (Å²) >= 11 is 1.42. The summed E-state index contributed by atoms with van der Waals surface area (Å²) in [5.41, 5.74) is 4.01. The Hall–Kier alpha value is -2.28. The molecule has 23 heavy (non-hydrogen) atoms. The molecule has 6 nitrogen and oxygen atoms in total. The minimum absolute atomic E-state index is 0.000911. The summed E-state index contributed by atoms with van der Waals surface area (Å²) in [4.78, 5) is 33.9. The zero-order valence-electron chi connectivity index (χ0n) is 12.9. The van der Waals surface area contributed by atoms with Crippen LogP contribution in [0.3, 0.4) is 0 Å². The van der Waals surface area contributed by atoms with E-state index in [4.69, 9.17) is 0 Å². The van der Waals surface area contributed by atoms with Gasteiger partial charge in [-0.1, -0.05) is 6.07 Å². The van der Waals surface area contributed by atoms with Crippen molar-refractivity contribution in [3.63, 3.8) is 0 Å². The second-order valence-electron chi connectivity index (χ2n) is 5.53. The van der Waals surface area contributed by atoms with Crippen LogP contribution >= 0.6 is 11.3 Å². The number of hydrogen-bond donors (Lipinski definition) is 1. The molecular weight excluding hydrogens is 312 g/mol. The third-order valence-corrected chi connectivity index (χ3v) is 4.48. The molecule has 0 spiro atoms. The molecule has 1 fully saturated rings. The highest BCUT2D eigenvalue weighted by Gasteiger charge is 2.32. The van der Waals surface area contributed by atoms with Gasteiger partial charge in [0.2, 0.25) is 5.91 Å². The number of carbonyl (C=O) groups excluding carboxylic acids is 2. The lowest BCUT2D eigenvalue weighted by Gasteiger charge is -2.23. The van der Waals surface area contributed by atoms with Crippen LogP contribution in [0.25, 0.3) is 0 Å². The summed E-state index contributed by atoms with van der Waals surface area (Å²) in [5.74, 6) is -0.0947. The summed E-state index contributed by atoms with van der Waals surface area (Å²) in [6.45, 7) is 2.69. The normalized spacial score (nSPS) is 17.3. The molecule has 2 amide bonds. The second kappa shape index (κ2) is 6.87. The molecular formula is C16H18N4O2S. The topological polar surface area (TPSA) is 75.2 Å². The standard InChI is InChI=1S/C16H18N4O2S/c1-11(21)17-7-12-4-5-13(18-8-12)15-3-2-6-20(15)16(22)14-9-23-10-19-14/h4-5,8-10,15H,2-3,6-7H2,1H3,(H,17,21)/t15-/m0/s1. The highest BCUT2D eigenvalue weighted by Crippen LogP contribution is 2.32. The van der Waals surface area contributed by atoms with E-state index in [-0.39, 0.29) is 17.9 Å². The molecule has 3 heterocycles. The smallest absolute Gasteiger partial charge is 0.273 e. The third kappa shape index (κ3) is 3.56. The van der Waals surface area contributed by atoms with E-state index in [1.807, 2.05) is 17.0 Å². The van der Waals surface area contributed by atoms with Crippen LogP contribution in [0.5, 0.6) is 0 Å². The Labute approximate surface area is 138 Å². The Kier molecular flexibility index (Phi) is 4.66. The first-order valence-corrected chi connectivity index (χ1v) is 8.48. The van der Waals surface area contributed by atoms with E-state index in [1.165, 1.54) is 18.3 Å². The van der Waals surface area contributed by atoms with Crippen molar-refractivity contribution in [1.82, 2.24) is 20.2 Å². The van der Waals surface area contributed by atoms with Gasteiger partial charge in [-0.15, -0.1) is 11.3 Å². The van der Waals surface area contributed by atoms with Gasteiger partial charge in [-0.25, -0.2) is 4.98 Å². The Morgan fingerprint density at radius 1 is 1.39 bits per heavy atom. The molecule has 1 N–H and O–H groups in total.